The molecule has 1 aliphatic heterocycles. The van der Waals surface area contributed by atoms with Gasteiger partial charge in [-0.25, -0.2) is 0 Å². The van der Waals surface area contributed by atoms with Gasteiger partial charge in [-0.2, -0.15) is 0 Å². The van der Waals surface area contributed by atoms with Gasteiger partial charge in [0.2, 0.25) is 11.8 Å². The lowest BCUT2D eigenvalue weighted by Gasteiger charge is -2.41. The van der Waals surface area contributed by atoms with Gasteiger partial charge in [-0.05, 0) is 33.6 Å². The van der Waals surface area contributed by atoms with Gasteiger partial charge in [-0.3, -0.25) is 9.59 Å². The number of amides is 2. The number of rotatable bonds is 7. The minimum atomic E-state index is -0.799. The number of hydrogen-bond donors (Lipinski definition) is 1. The fourth-order valence-corrected chi connectivity index (χ4v) is 2.12. The number of piperazine rings is 1. The summed E-state index contributed by atoms with van der Waals surface area (Å²) in [6, 6.07) is -0.392. The number of nitrogens with zero attached hydrogens (tertiary/aromatic N) is 1. The molecule has 0 saturated carbocycles. The quantitative estimate of drug-likeness (QED) is 0.710. The van der Waals surface area contributed by atoms with E-state index in [0.29, 0.717) is 13.2 Å². The predicted octanol–water partition coefficient (Wildman–Crippen LogP) is 1.32. The molecule has 1 aliphatic rings. The third kappa shape index (κ3) is 4.20. The van der Waals surface area contributed by atoms with Crippen molar-refractivity contribution in [2.75, 3.05) is 19.8 Å². The smallest absolute Gasteiger partial charge is 0.248 e. The van der Waals surface area contributed by atoms with Crippen LogP contribution in [-0.4, -0.2) is 48.1 Å². The first-order valence-corrected chi connectivity index (χ1v) is 7.11. The second-order valence-electron chi connectivity index (χ2n) is 5.61. The van der Waals surface area contributed by atoms with Crippen LogP contribution in [0.3, 0.4) is 0 Å². The Kier molecular flexibility index (Phi) is 5.79. The van der Waals surface area contributed by atoms with Crippen molar-refractivity contribution in [3.8, 4) is 0 Å². The summed E-state index contributed by atoms with van der Waals surface area (Å²) < 4.78 is 5.48. The second kappa shape index (κ2) is 6.89. The van der Waals surface area contributed by atoms with E-state index in [2.05, 4.69) is 12.2 Å². The summed E-state index contributed by atoms with van der Waals surface area (Å²) in [7, 11) is 0. The van der Waals surface area contributed by atoms with Gasteiger partial charge < -0.3 is 15.0 Å². The molecule has 1 unspecified atom stereocenters. The highest BCUT2D eigenvalue weighted by molar-refractivity contribution is 5.99. The average molecular weight is 270 g/mol. The largest absolute Gasteiger partial charge is 0.381 e. The van der Waals surface area contributed by atoms with Gasteiger partial charge in [-0.15, -0.1) is 0 Å². The highest BCUT2D eigenvalue weighted by atomic mass is 16.5. The first-order valence-electron chi connectivity index (χ1n) is 7.11. The van der Waals surface area contributed by atoms with Crippen LogP contribution in [0.5, 0.6) is 0 Å². The fraction of sp³-hybridized carbons (Fsp3) is 0.857. The van der Waals surface area contributed by atoms with Crippen LogP contribution in [0.15, 0.2) is 0 Å². The standard InChI is InChI=1S/C14H26N2O3/c1-5-6-9-19-10-7-8-16-11(2)12(17)15-14(3,4)13(16)18/h11H,5-10H2,1-4H3,(H,15,17). The highest BCUT2D eigenvalue weighted by Gasteiger charge is 2.42. The number of hydrogen-bond acceptors (Lipinski definition) is 3. The van der Waals surface area contributed by atoms with Crippen molar-refractivity contribution < 1.29 is 14.3 Å². The Balaban J connectivity index is 2.41. The molecule has 1 saturated heterocycles. The van der Waals surface area contributed by atoms with E-state index in [0.717, 1.165) is 25.9 Å². The summed E-state index contributed by atoms with van der Waals surface area (Å²) in [6.07, 6.45) is 2.95. The zero-order valence-electron chi connectivity index (χ0n) is 12.5. The molecule has 1 heterocycles. The number of nitrogens with one attached hydrogen (secondary N) is 1. The number of unbranched alkanes of at least 4 members (excludes halogenated alkanes) is 1. The summed E-state index contributed by atoms with van der Waals surface area (Å²) in [4.78, 5) is 25.7. The highest BCUT2D eigenvalue weighted by Crippen LogP contribution is 2.17. The lowest BCUT2D eigenvalue weighted by Crippen LogP contribution is -2.67. The van der Waals surface area contributed by atoms with E-state index in [4.69, 9.17) is 4.74 Å². The second-order valence-corrected chi connectivity index (χ2v) is 5.61. The third-order valence-electron chi connectivity index (χ3n) is 3.41. The van der Waals surface area contributed by atoms with E-state index in [-0.39, 0.29) is 11.8 Å². The zero-order chi connectivity index (χ0) is 14.5. The number of carbonyl (C=O) groups excluding carboxylic acids is 2. The van der Waals surface area contributed by atoms with Crippen molar-refractivity contribution in [2.45, 2.75) is 58.5 Å². The van der Waals surface area contributed by atoms with Gasteiger partial charge in [0.05, 0.1) is 0 Å². The van der Waals surface area contributed by atoms with Crippen molar-refractivity contribution in [3.63, 3.8) is 0 Å². The Morgan fingerprint density at radius 2 is 1.89 bits per heavy atom. The monoisotopic (exact) mass is 270 g/mol. The fourth-order valence-electron chi connectivity index (χ4n) is 2.12. The lowest BCUT2D eigenvalue weighted by molar-refractivity contribution is -0.152. The number of ether oxygens (including phenoxy) is 1. The Hall–Kier alpha value is -1.10. The molecule has 5 nitrogen and oxygen atoms in total. The average Bonchev–Trinajstić information content (AvgIpc) is 2.34. The van der Waals surface area contributed by atoms with Gasteiger partial charge in [-0.1, -0.05) is 13.3 Å². The maximum atomic E-state index is 12.2. The topological polar surface area (TPSA) is 58.6 Å². The van der Waals surface area contributed by atoms with Crippen LogP contribution >= 0.6 is 0 Å². The van der Waals surface area contributed by atoms with Gasteiger partial charge in [0.15, 0.2) is 0 Å². The molecule has 0 bridgehead atoms. The Labute approximate surface area is 115 Å². The molecule has 110 valence electrons. The molecule has 2 amide bonds. The maximum Gasteiger partial charge on any atom is 0.248 e. The molecule has 0 aromatic heterocycles. The van der Waals surface area contributed by atoms with E-state index < -0.39 is 11.6 Å². The molecular weight excluding hydrogens is 244 g/mol. The normalized spacial score (nSPS) is 22.5. The van der Waals surface area contributed by atoms with Crippen LogP contribution in [0.2, 0.25) is 0 Å². The molecule has 0 radical (unpaired) electrons. The molecule has 1 atom stereocenters. The first-order chi connectivity index (χ1) is 8.90. The maximum absolute atomic E-state index is 12.2. The minimum Gasteiger partial charge on any atom is -0.381 e. The Morgan fingerprint density at radius 3 is 2.53 bits per heavy atom. The lowest BCUT2D eigenvalue weighted by atomic mass is 9.97. The van der Waals surface area contributed by atoms with Crippen molar-refractivity contribution in [1.29, 1.82) is 0 Å². The van der Waals surface area contributed by atoms with Crippen LogP contribution in [-0.2, 0) is 14.3 Å². The molecule has 0 aromatic rings. The zero-order valence-corrected chi connectivity index (χ0v) is 12.5. The molecule has 0 spiro atoms. The van der Waals surface area contributed by atoms with E-state index in [9.17, 15) is 9.59 Å². The van der Waals surface area contributed by atoms with Crippen molar-refractivity contribution >= 4 is 11.8 Å². The molecule has 1 fully saturated rings. The molecule has 0 aromatic carbocycles. The minimum absolute atomic E-state index is 0.0202. The summed E-state index contributed by atoms with van der Waals surface area (Å²) >= 11 is 0. The van der Waals surface area contributed by atoms with E-state index >= 15 is 0 Å². The molecule has 1 rings (SSSR count). The molecule has 0 aliphatic carbocycles. The SMILES string of the molecule is CCCCOCCCN1C(=O)C(C)(C)NC(=O)C1C. The van der Waals surface area contributed by atoms with E-state index in [1.807, 2.05) is 0 Å². The predicted molar refractivity (Wildman–Crippen MR) is 73.7 cm³/mol. The van der Waals surface area contributed by atoms with Gasteiger partial charge in [0, 0.05) is 19.8 Å². The van der Waals surface area contributed by atoms with Crippen LogP contribution in [0, 0.1) is 0 Å². The Morgan fingerprint density at radius 1 is 1.26 bits per heavy atom. The summed E-state index contributed by atoms with van der Waals surface area (Å²) in [5.41, 5.74) is -0.799. The summed E-state index contributed by atoms with van der Waals surface area (Å²) in [5, 5.41) is 2.74. The van der Waals surface area contributed by atoms with Crippen molar-refractivity contribution in [1.82, 2.24) is 10.2 Å². The first kappa shape index (κ1) is 16.0. The van der Waals surface area contributed by atoms with Gasteiger partial charge in [0.25, 0.3) is 0 Å². The summed E-state index contributed by atoms with van der Waals surface area (Å²) in [5.74, 6) is -0.107. The van der Waals surface area contributed by atoms with E-state index in [1.165, 1.54) is 0 Å². The van der Waals surface area contributed by atoms with Crippen LogP contribution in [0.1, 0.15) is 47.0 Å². The summed E-state index contributed by atoms with van der Waals surface area (Å²) in [6.45, 7) is 9.35. The molecule has 5 heteroatoms. The molecule has 19 heavy (non-hydrogen) atoms. The van der Waals surface area contributed by atoms with E-state index in [1.54, 1.807) is 25.7 Å². The van der Waals surface area contributed by atoms with Gasteiger partial charge in [0.1, 0.15) is 11.6 Å². The van der Waals surface area contributed by atoms with Crippen LogP contribution < -0.4 is 5.32 Å². The van der Waals surface area contributed by atoms with Crippen LogP contribution in [0.4, 0.5) is 0 Å². The van der Waals surface area contributed by atoms with Crippen molar-refractivity contribution in [2.24, 2.45) is 0 Å². The third-order valence-corrected chi connectivity index (χ3v) is 3.41. The van der Waals surface area contributed by atoms with Crippen molar-refractivity contribution in [3.05, 3.63) is 0 Å². The molecule has 1 N–H and O–H groups in total. The molecular formula is C14H26N2O3. The van der Waals surface area contributed by atoms with Crippen LogP contribution in [0.25, 0.3) is 0 Å². The van der Waals surface area contributed by atoms with Gasteiger partial charge >= 0.3 is 0 Å². The number of carbonyl (C=O) groups is 2. The Bertz CT molecular complexity index is 329.